The minimum Gasteiger partial charge on any atom is -0.478 e. The number of aromatic carboxylic acids is 1. The lowest BCUT2D eigenvalue weighted by atomic mass is 10.1. The van der Waals surface area contributed by atoms with Gasteiger partial charge < -0.3 is 9.67 Å². The molecule has 0 aliphatic carbocycles. The van der Waals surface area contributed by atoms with Crippen molar-refractivity contribution in [1.29, 1.82) is 0 Å². The summed E-state index contributed by atoms with van der Waals surface area (Å²) in [4.78, 5) is 10.8. The molecule has 0 saturated carbocycles. The van der Waals surface area contributed by atoms with Crippen LogP contribution in [0.2, 0.25) is 0 Å². The normalized spacial score (nSPS) is 10.5. The third-order valence-corrected chi connectivity index (χ3v) is 3.28. The van der Waals surface area contributed by atoms with Crippen LogP contribution in [0.1, 0.15) is 10.4 Å². The highest BCUT2D eigenvalue weighted by molar-refractivity contribution is 5.88. The molecule has 0 atom stereocenters. The molecule has 0 amide bonds. The maximum absolute atomic E-state index is 12.9. The topological polar surface area (TPSA) is 42.2 Å². The molecule has 0 unspecified atom stereocenters. The van der Waals surface area contributed by atoms with E-state index >= 15 is 0 Å². The Bertz CT molecular complexity index is 773. The van der Waals surface area contributed by atoms with Gasteiger partial charge in [-0.15, -0.1) is 0 Å². The van der Waals surface area contributed by atoms with Crippen molar-refractivity contribution in [2.45, 2.75) is 0 Å². The first kappa shape index (κ1) is 13.1. The molecule has 0 fully saturated rings. The Morgan fingerprint density at radius 2 is 1.57 bits per heavy atom. The summed E-state index contributed by atoms with van der Waals surface area (Å²) in [6, 6.07) is 14.9. The summed E-state index contributed by atoms with van der Waals surface area (Å²) in [5, 5.41) is 8.89. The standard InChI is InChI=1S/C17H12FNO2/c18-15-5-7-16(8-6-15)19-10-9-14(11-19)12-1-3-13(4-2-12)17(20)21/h1-11H,(H,20,21). The van der Waals surface area contributed by atoms with Crippen LogP contribution in [0, 0.1) is 5.82 Å². The third-order valence-electron chi connectivity index (χ3n) is 3.28. The first-order chi connectivity index (χ1) is 10.1. The fourth-order valence-corrected chi connectivity index (χ4v) is 2.15. The van der Waals surface area contributed by atoms with Gasteiger partial charge in [-0.3, -0.25) is 0 Å². The van der Waals surface area contributed by atoms with Crippen molar-refractivity contribution < 1.29 is 14.3 Å². The Morgan fingerprint density at radius 3 is 2.19 bits per heavy atom. The van der Waals surface area contributed by atoms with E-state index in [0.29, 0.717) is 0 Å². The predicted octanol–water partition coefficient (Wildman–Crippen LogP) is 3.98. The molecular formula is C17H12FNO2. The van der Waals surface area contributed by atoms with Crippen LogP contribution >= 0.6 is 0 Å². The summed E-state index contributed by atoms with van der Waals surface area (Å²) in [7, 11) is 0. The van der Waals surface area contributed by atoms with Gasteiger partial charge in [-0.25, -0.2) is 9.18 Å². The Hall–Kier alpha value is -2.88. The van der Waals surface area contributed by atoms with Crippen LogP contribution in [0.5, 0.6) is 0 Å². The monoisotopic (exact) mass is 281 g/mol. The smallest absolute Gasteiger partial charge is 0.335 e. The van der Waals surface area contributed by atoms with Crippen LogP contribution in [-0.2, 0) is 0 Å². The minimum absolute atomic E-state index is 0.261. The van der Waals surface area contributed by atoms with Crippen LogP contribution < -0.4 is 0 Å². The van der Waals surface area contributed by atoms with Crippen molar-refractivity contribution >= 4 is 5.97 Å². The summed E-state index contributed by atoms with van der Waals surface area (Å²) in [5.74, 6) is -1.21. The van der Waals surface area contributed by atoms with Crippen LogP contribution in [0.3, 0.4) is 0 Å². The van der Waals surface area contributed by atoms with Gasteiger partial charge in [0.15, 0.2) is 0 Å². The maximum atomic E-state index is 12.9. The van der Waals surface area contributed by atoms with Crippen molar-refractivity contribution in [3.8, 4) is 16.8 Å². The Labute approximate surface area is 120 Å². The van der Waals surface area contributed by atoms with Gasteiger partial charge in [0.1, 0.15) is 5.82 Å². The van der Waals surface area contributed by atoms with Crippen LogP contribution in [0.15, 0.2) is 67.0 Å². The van der Waals surface area contributed by atoms with Crippen LogP contribution in [-0.4, -0.2) is 15.6 Å². The summed E-state index contributed by atoms with van der Waals surface area (Å²) in [6.45, 7) is 0. The van der Waals surface area contributed by atoms with Gasteiger partial charge in [0, 0.05) is 18.1 Å². The van der Waals surface area contributed by atoms with E-state index in [0.717, 1.165) is 16.8 Å². The summed E-state index contributed by atoms with van der Waals surface area (Å²) < 4.78 is 14.8. The highest BCUT2D eigenvalue weighted by atomic mass is 19.1. The SMILES string of the molecule is O=C(O)c1ccc(-c2ccn(-c3ccc(F)cc3)c2)cc1. The number of carboxylic acid groups (broad SMARTS) is 1. The Balaban J connectivity index is 1.90. The van der Waals surface area contributed by atoms with Gasteiger partial charge >= 0.3 is 5.97 Å². The van der Waals surface area contributed by atoms with Crippen molar-refractivity contribution in [3.05, 3.63) is 78.4 Å². The Morgan fingerprint density at radius 1 is 0.905 bits per heavy atom. The van der Waals surface area contributed by atoms with Gasteiger partial charge in [-0.05, 0) is 53.6 Å². The van der Waals surface area contributed by atoms with Gasteiger partial charge in [0.05, 0.1) is 5.56 Å². The van der Waals surface area contributed by atoms with E-state index < -0.39 is 5.97 Å². The van der Waals surface area contributed by atoms with Crippen LogP contribution in [0.4, 0.5) is 4.39 Å². The van der Waals surface area contributed by atoms with Crippen LogP contribution in [0.25, 0.3) is 16.8 Å². The van der Waals surface area contributed by atoms with E-state index in [1.54, 1.807) is 36.4 Å². The maximum Gasteiger partial charge on any atom is 0.335 e. The average molecular weight is 281 g/mol. The first-order valence-corrected chi connectivity index (χ1v) is 6.41. The molecule has 0 radical (unpaired) electrons. The van der Waals surface area contributed by atoms with E-state index in [2.05, 4.69) is 0 Å². The second-order valence-corrected chi connectivity index (χ2v) is 4.67. The average Bonchev–Trinajstić information content (AvgIpc) is 2.98. The second-order valence-electron chi connectivity index (χ2n) is 4.67. The van der Waals surface area contributed by atoms with E-state index in [-0.39, 0.29) is 11.4 Å². The Kier molecular flexibility index (Phi) is 3.28. The molecule has 0 aliphatic heterocycles. The molecule has 0 aliphatic rings. The number of hydrogen-bond acceptors (Lipinski definition) is 1. The molecule has 3 nitrogen and oxygen atoms in total. The molecule has 0 spiro atoms. The van der Waals surface area contributed by atoms with Gasteiger partial charge in [-0.1, -0.05) is 12.1 Å². The highest BCUT2D eigenvalue weighted by Crippen LogP contribution is 2.22. The van der Waals surface area contributed by atoms with E-state index in [1.807, 2.05) is 23.0 Å². The molecule has 4 heteroatoms. The molecule has 0 bridgehead atoms. The highest BCUT2D eigenvalue weighted by Gasteiger charge is 2.05. The lowest BCUT2D eigenvalue weighted by Gasteiger charge is -2.02. The molecule has 1 aromatic heterocycles. The number of nitrogens with zero attached hydrogens (tertiary/aromatic N) is 1. The van der Waals surface area contributed by atoms with Gasteiger partial charge in [-0.2, -0.15) is 0 Å². The van der Waals surface area contributed by atoms with Crippen molar-refractivity contribution in [2.24, 2.45) is 0 Å². The number of carbonyl (C=O) groups is 1. The number of halogens is 1. The van der Waals surface area contributed by atoms with Crippen molar-refractivity contribution in [1.82, 2.24) is 4.57 Å². The fourth-order valence-electron chi connectivity index (χ4n) is 2.15. The number of aromatic nitrogens is 1. The number of carboxylic acids is 1. The largest absolute Gasteiger partial charge is 0.478 e. The molecular weight excluding hydrogens is 269 g/mol. The molecule has 104 valence electrons. The molecule has 1 heterocycles. The number of hydrogen-bond donors (Lipinski definition) is 1. The summed E-state index contributed by atoms with van der Waals surface area (Å²) >= 11 is 0. The minimum atomic E-state index is -0.939. The van der Waals surface area contributed by atoms with Gasteiger partial charge in [0.25, 0.3) is 0 Å². The first-order valence-electron chi connectivity index (χ1n) is 6.41. The van der Waals surface area contributed by atoms with Crippen molar-refractivity contribution in [3.63, 3.8) is 0 Å². The predicted molar refractivity (Wildman–Crippen MR) is 78.1 cm³/mol. The molecule has 21 heavy (non-hydrogen) atoms. The lowest BCUT2D eigenvalue weighted by molar-refractivity contribution is 0.0697. The number of benzene rings is 2. The fraction of sp³-hybridized carbons (Fsp3) is 0. The molecule has 2 aromatic carbocycles. The zero-order valence-corrected chi connectivity index (χ0v) is 11.0. The number of rotatable bonds is 3. The van der Waals surface area contributed by atoms with E-state index in [4.69, 9.17) is 5.11 Å². The molecule has 0 saturated heterocycles. The quantitative estimate of drug-likeness (QED) is 0.789. The van der Waals surface area contributed by atoms with Crippen molar-refractivity contribution in [2.75, 3.05) is 0 Å². The lowest BCUT2D eigenvalue weighted by Crippen LogP contribution is -1.94. The van der Waals surface area contributed by atoms with E-state index in [1.165, 1.54) is 12.1 Å². The molecule has 1 N–H and O–H groups in total. The molecule has 3 aromatic rings. The zero-order valence-electron chi connectivity index (χ0n) is 11.0. The summed E-state index contributed by atoms with van der Waals surface area (Å²) in [5.41, 5.74) is 3.03. The summed E-state index contributed by atoms with van der Waals surface area (Å²) in [6.07, 6.45) is 3.80. The van der Waals surface area contributed by atoms with E-state index in [9.17, 15) is 9.18 Å². The zero-order chi connectivity index (χ0) is 14.8. The second kappa shape index (κ2) is 5.25. The van der Waals surface area contributed by atoms with Gasteiger partial charge in [0.2, 0.25) is 0 Å². The third kappa shape index (κ3) is 2.69. The molecule has 3 rings (SSSR count).